The van der Waals surface area contributed by atoms with E-state index in [9.17, 15) is 4.79 Å². The zero-order chi connectivity index (χ0) is 12.9. The number of rotatable bonds is 6. The molecular formula is C14H28N2O. The van der Waals surface area contributed by atoms with Gasteiger partial charge in [-0.2, -0.15) is 0 Å². The highest BCUT2D eigenvalue weighted by atomic mass is 16.1. The molecule has 1 atom stereocenters. The smallest absolute Gasteiger partial charge is 0.220 e. The molecule has 3 N–H and O–H groups in total. The molecule has 100 valence electrons. The molecule has 0 radical (unpaired) electrons. The Labute approximate surface area is 106 Å². The van der Waals surface area contributed by atoms with Crippen LogP contribution in [0.25, 0.3) is 0 Å². The molecule has 3 heteroatoms. The average Bonchev–Trinajstić information content (AvgIpc) is 2.78. The maximum Gasteiger partial charge on any atom is 0.220 e. The van der Waals surface area contributed by atoms with Crippen LogP contribution in [0.2, 0.25) is 0 Å². The van der Waals surface area contributed by atoms with Gasteiger partial charge in [0.15, 0.2) is 0 Å². The second kappa shape index (κ2) is 6.39. The molecule has 0 aromatic carbocycles. The number of amides is 1. The molecule has 0 saturated heterocycles. The van der Waals surface area contributed by atoms with Crippen molar-refractivity contribution in [2.45, 2.75) is 64.8 Å². The van der Waals surface area contributed by atoms with Crippen LogP contribution >= 0.6 is 0 Å². The van der Waals surface area contributed by atoms with Crippen molar-refractivity contribution in [3.63, 3.8) is 0 Å². The van der Waals surface area contributed by atoms with Gasteiger partial charge in [-0.25, -0.2) is 0 Å². The Hall–Kier alpha value is -0.570. The maximum absolute atomic E-state index is 11.9. The number of nitrogens with two attached hydrogens (primary N) is 1. The van der Waals surface area contributed by atoms with Crippen LogP contribution in [-0.2, 0) is 4.79 Å². The first-order valence-corrected chi connectivity index (χ1v) is 6.99. The highest BCUT2D eigenvalue weighted by Crippen LogP contribution is 2.28. The minimum absolute atomic E-state index is 0.165. The zero-order valence-corrected chi connectivity index (χ0v) is 11.6. The highest BCUT2D eigenvalue weighted by molar-refractivity contribution is 5.76. The topological polar surface area (TPSA) is 55.1 Å². The molecule has 0 aliphatic heterocycles. The minimum atomic E-state index is -0.257. The van der Waals surface area contributed by atoms with Crippen molar-refractivity contribution >= 4 is 5.91 Å². The second-order valence-corrected chi connectivity index (χ2v) is 6.01. The Morgan fingerprint density at radius 2 is 2.00 bits per heavy atom. The van der Waals surface area contributed by atoms with Gasteiger partial charge in [0.25, 0.3) is 0 Å². The third-order valence-electron chi connectivity index (χ3n) is 4.38. The van der Waals surface area contributed by atoms with Crippen molar-refractivity contribution in [2.75, 3.05) is 6.54 Å². The average molecular weight is 240 g/mol. The molecule has 0 aromatic rings. The van der Waals surface area contributed by atoms with E-state index in [0.717, 1.165) is 12.3 Å². The summed E-state index contributed by atoms with van der Waals surface area (Å²) < 4.78 is 0. The van der Waals surface area contributed by atoms with Gasteiger partial charge in [-0.15, -0.1) is 0 Å². The number of carbonyl (C=O) groups is 1. The summed E-state index contributed by atoms with van der Waals surface area (Å²) in [7, 11) is 0. The molecular weight excluding hydrogens is 212 g/mol. The molecule has 3 nitrogen and oxygen atoms in total. The summed E-state index contributed by atoms with van der Waals surface area (Å²) >= 11 is 0. The lowest BCUT2D eigenvalue weighted by Crippen LogP contribution is -2.55. The fourth-order valence-electron chi connectivity index (χ4n) is 2.45. The van der Waals surface area contributed by atoms with E-state index >= 15 is 0 Å². The summed E-state index contributed by atoms with van der Waals surface area (Å²) in [5.74, 6) is 1.31. The SMILES string of the molecule is CC(C)C(C)(CN)NC(=O)CCC1CCCC1. The van der Waals surface area contributed by atoms with Gasteiger partial charge in [0.1, 0.15) is 0 Å². The van der Waals surface area contributed by atoms with Crippen LogP contribution in [0.4, 0.5) is 0 Å². The van der Waals surface area contributed by atoms with Crippen molar-refractivity contribution in [1.29, 1.82) is 0 Å². The fourth-order valence-corrected chi connectivity index (χ4v) is 2.45. The van der Waals surface area contributed by atoms with Crippen molar-refractivity contribution in [1.82, 2.24) is 5.32 Å². The van der Waals surface area contributed by atoms with E-state index in [1.54, 1.807) is 0 Å². The fraction of sp³-hybridized carbons (Fsp3) is 0.929. The highest BCUT2D eigenvalue weighted by Gasteiger charge is 2.28. The first kappa shape index (κ1) is 14.5. The first-order chi connectivity index (χ1) is 7.98. The molecule has 1 aliphatic rings. The zero-order valence-electron chi connectivity index (χ0n) is 11.6. The largest absolute Gasteiger partial charge is 0.349 e. The third kappa shape index (κ3) is 4.30. The Bertz CT molecular complexity index is 247. The second-order valence-electron chi connectivity index (χ2n) is 6.01. The monoisotopic (exact) mass is 240 g/mol. The third-order valence-corrected chi connectivity index (χ3v) is 4.38. The van der Waals surface area contributed by atoms with Crippen molar-refractivity contribution in [2.24, 2.45) is 17.6 Å². The van der Waals surface area contributed by atoms with Gasteiger partial charge < -0.3 is 11.1 Å². The predicted molar refractivity (Wildman–Crippen MR) is 71.6 cm³/mol. The summed E-state index contributed by atoms with van der Waals surface area (Å²) in [6.07, 6.45) is 7.02. The number of carbonyl (C=O) groups excluding carboxylic acids is 1. The Kier molecular flexibility index (Phi) is 5.44. The molecule has 17 heavy (non-hydrogen) atoms. The molecule has 1 fully saturated rings. The quantitative estimate of drug-likeness (QED) is 0.749. The molecule has 0 aromatic heterocycles. The Balaban J connectivity index is 2.32. The van der Waals surface area contributed by atoms with Gasteiger partial charge in [-0.1, -0.05) is 39.5 Å². The maximum atomic E-state index is 11.9. The van der Waals surface area contributed by atoms with Crippen LogP contribution < -0.4 is 11.1 Å². The summed E-state index contributed by atoms with van der Waals surface area (Å²) in [6.45, 7) is 6.74. The Morgan fingerprint density at radius 1 is 1.41 bits per heavy atom. The number of nitrogens with one attached hydrogen (secondary N) is 1. The van der Waals surface area contributed by atoms with Gasteiger partial charge >= 0.3 is 0 Å². The van der Waals surface area contributed by atoms with Crippen molar-refractivity contribution in [3.05, 3.63) is 0 Å². The van der Waals surface area contributed by atoms with Gasteiger partial charge in [-0.3, -0.25) is 4.79 Å². The minimum Gasteiger partial charge on any atom is -0.349 e. The molecule has 1 aliphatic carbocycles. The van der Waals surface area contributed by atoms with Gasteiger partial charge in [0.2, 0.25) is 5.91 Å². The molecule has 0 spiro atoms. The van der Waals surface area contributed by atoms with Gasteiger partial charge in [0, 0.05) is 13.0 Å². The van der Waals surface area contributed by atoms with Crippen LogP contribution in [0.1, 0.15) is 59.3 Å². The summed E-state index contributed by atoms with van der Waals surface area (Å²) in [6, 6.07) is 0. The molecule has 1 saturated carbocycles. The van der Waals surface area contributed by atoms with E-state index in [-0.39, 0.29) is 11.4 Å². The summed E-state index contributed by atoms with van der Waals surface area (Å²) in [5, 5.41) is 3.10. The lowest BCUT2D eigenvalue weighted by atomic mass is 9.88. The lowest BCUT2D eigenvalue weighted by Gasteiger charge is -2.33. The summed E-state index contributed by atoms with van der Waals surface area (Å²) in [4.78, 5) is 11.9. The molecule has 0 bridgehead atoms. The summed E-state index contributed by atoms with van der Waals surface area (Å²) in [5.41, 5.74) is 5.50. The van der Waals surface area contributed by atoms with E-state index in [1.165, 1.54) is 25.7 Å². The molecule has 1 unspecified atom stereocenters. The van der Waals surface area contributed by atoms with Crippen LogP contribution in [-0.4, -0.2) is 18.0 Å². The van der Waals surface area contributed by atoms with E-state index in [2.05, 4.69) is 19.2 Å². The normalized spacial score (nSPS) is 20.5. The van der Waals surface area contributed by atoms with E-state index < -0.39 is 0 Å². The van der Waals surface area contributed by atoms with Crippen LogP contribution in [0.3, 0.4) is 0 Å². The van der Waals surface area contributed by atoms with Crippen LogP contribution in [0.5, 0.6) is 0 Å². The van der Waals surface area contributed by atoms with Gasteiger partial charge in [-0.05, 0) is 25.2 Å². The van der Waals surface area contributed by atoms with E-state index in [4.69, 9.17) is 5.73 Å². The number of hydrogen-bond donors (Lipinski definition) is 2. The molecule has 1 amide bonds. The first-order valence-electron chi connectivity index (χ1n) is 6.99. The standard InChI is InChI=1S/C14H28N2O/c1-11(2)14(3,10-15)16-13(17)9-8-12-6-4-5-7-12/h11-12H,4-10,15H2,1-3H3,(H,16,17). The Morgan fingerprint density at radius 3 is 2.47 bits per heavy atom. The molecule has 1 rings (SSSR count). The molecule has 0 heterocycles. The van der Waals surface area contributed by atoms with Gasteiger partial charge in [0.05, 0.1) is 5.54 Å². The van der Waals surface area contributed by atoms with Crippen LogP contribution in [0, 0.1) is 11.8 Å². The van der Waals surface area contributed by atoms with Crippen LogP contribution in [0.15, 0.2) is 0 Å². The lowest BCUT2D eigenvalue weighted by molar-refractivity contribution is -0.123. The number of hydrogen-bond acceptors (Lipinski definition) is 2. The van der Waals surface area contributed by atoms with Crippen molar-refractivity contribution in [3.8, 4) is 0 Å². The van der Waals surface area contributed by atoms with E-state index in [0.29, 0.717) is 18.9 Å². The van der Waals surface area contributed by atoms with Crippen molar-refractivity contribution < 1.29 is 4.79 Å². The predicted octanol–water partition coefficient (Wildman–Crippen LogP) is 2.45. The van der Waals surface area contributed by atoms with E-state index in [1.807, 2.05) is 6.92 Å².